The van der Waals surface area contributed by atoms with Crippen molar-refractivity contribution < 1.29 is 37.2 Å². The third kappa shape index (κ3) is 4.69. The first-order chi connectivity index (χ1) is 17.3. The second kappa shape index (κ2) is 9.46. The fourth-order valence-electron chi connectivity index (χ4n) is 4.57. The van der Waals surface area contributed by atoms with Gasteiger partial charge < -0.3 is 19.7 Å². The number of ether oxygens (including phenoxy) is 1. The Hall–Kier alpha value is -3.43. The number of amides is 2. The van der Waals surface area contributed by atoms with Crippen molar-refractivity contribution in [2.24, 2.45) is 4.99 Å². The molecule has 2 aliphatic rings. The molecule has 5 N–H and O–H groups in total. The van der Waals surface area contributed by atoms with Gasteiger partial charge in [-0.2, -0.15) is 8.78 Å². The Bertz CT molecular complexity index is 1260. The molecule has 1 saturated heterocycles. The second-order valence-electron chi connectivity index (χ2n) is 9.08. The van der Waals surface area contributed by atoms with Crippen molar-refractivity contribution in [1.29, 1.82) is 0 Å². The Kier molecular flexibility index (Phi) is 6.81. The van der Waals surface area contributed by atoms with Crippen LogP contribution < -0.4 is 20.1 Å². The number of hydrogen-bond acceptors (Lipinski definition) is 8. The van der Waals surface area contributed by atoms with Crippen LogP contribution in [-0.4, -0.2) is 60.6 Å². The molecule has 0 aromatic carbocycles. The zero-order valence-corrected chi connectivity index (χ0v) is 20.8. The quantitative estimate of drug-likeness (QED) is 0.383. The number of nitrogens with zero attached hydrogens (tertiary/aromatic N) is 3. The van der Waals surface area contributed by atoms with Crippen molar-refractivity contribution in [3.8, 4) is 5.75 Å². The van der Waals surface area contributed by atoms with Crippen LogP contribution in [0.3, 0.4) is 0 Å². The third-order valence-corrected chi connectivity index (χ3v) is 10.4. The van der Waals surface area contributed by atoms with Crippen LogP contribution in [-0.2, 0) is 5.54 Å². The molecular weight excluding hydrogens is 517 g/mol. The Balaban J connectivity index is 1.70. The molecule has 0 saturated carbocycles. The lowest BCUT2D eigenvalue weighted by Gasteiger charge is -2.56. The number of anilines is 1. The molecule has 4 heterocycles. The summed E-state index contributed by atoms with van der Waals surface area (Å²) in [5.41, 5.74) is -1.82. The summed E-state index contributed by atoms with van der Waals surface area (Å²) in [7, 11) is -2.76. The predicted molar refractivity (Wildman–Crippen MR) is 130 cm³/mol. The lowest BCUT2D eigenvalue weighted by molar-refractivity contribution is -0.0500. The van der Waals surface area contributed by atoms with Crippen LogP contribution in [0.15, 0.2) is 35.5 Å². The van der Waals surface area contributed by atoms with Crippen LogP contribution in [0.2, 0.25) is 0 Å². The van der Waals surface area contributed by atoms with E-state index in [1.165, 1.54) is 12.1 Å². The molecule has 11 nitrogen and oxygen atoms in total. The van der Waals surface area contributed by atoms with Crippen LogP contribution >= 0.6 is 10.5 Å². The number of aromatic nitrogens is 2. The number of alkyl halides is 2. The molecule has 15 heteroatoms. The molecule has 1 fully saturated rings. The van der Waals surface area contributed by atoms with Gasteiger partial charge >= 0.3 is 12.7 Å². The van der Waals surface area contributed by atoms with Crippen molar-refractivity contribution in [2.75, 3.05) is 11.9 Å². The van der Waals surface area contributed by atoms with Gasteiger partial charge in [0.05, 0.1) is 16.2 Å². The summed E-state index contributed by atoms with van der Waals surface area (Å²) in [5.74, 6) is -1.85. The minimum Gasteiger partial charge on any atom is -0.465 e. The molecule has 2 aliphatic heterocycles. The Morgan fingerprint density at radius 1 is 1.22 bits per heavy atom. The Labute approximate surface area is 211 Å². The van der Waals surface area contributed by atoms with Crippen molar-refractivity contribution >= 4 is 34.1 Å². The minimum atomic E-state index is -3.04. The lowest BCUT2D eigenvalue weighted by Crippen LogP contribution is -2.59. The van der Waals surface area contributed by atoms with Gasteiger partial charge in [0.15, 0.2) is 0 Å². The smallest absolute Gasteiger partial charge is 0.410 e. The molecule has 1 unspecified atom stereocenters. The number of hydrogen-bond donors (Lipinski definition) is 5. The van der Waals surface area contributed by atoms with E-state index in [0.717, 1.165) is 18.3 Å². The Morgan fingerprint density at radius 3 is 2.57 bits per heavy atom. The van der Waals surface area contributed by atoms with Gasteiger partial charge in [0, 0.05) is 6.54 Å². The largest absolute Gasteiger partial charge is 0.465 e. The van der Waals surface area contributed by atoms with Gasteiger partial charge in [0.1, 0.15) is 40.1 Å². The summed E-state index contributed by atoms with van der Waals surface area (Å²) in [6, 6.07) is 4.61. The third-order valence-electron chi connectivity index (χ3n) is 6.45. The number of nitrogens with one attached hydrogen (secondary N) is 3. The molecule has 0 radical (unpaired) electrons. The highest BCUT2D eigenvalue weighted by Gasteiger charge is 2.62. The highest BCUT2D eigenvalue weighted by molar-refractivity contribution is 8.29. The number of amidine groups is 1. The van der Waals surface area contributed by atoms with Gasteiger partial charge in [0.25, 0.3) is 5.91 Å². The van der Waals surface area contributed by atoms with Gasteiger partial charge in [0.2, 0.25) is 0 Å². The first kappa shape index (κ1) is 26.6. The number of fused-ring (bicyclic) bond motifs is 1. The maximum Gasteiger partial charge on any atom is 0.410 e. The summed E-state index contributed by atoms with van der Waals surface area (Å²) in [4.78, 5) is 36.8. The van der Waals surface area contributed by atoms with Crippen molar-refractivity contribution in [3.05, 3.63) is 47.7 Å². The van der Waals surface area contributed by atoms with E-state index < -0.39 is 50.5 Å². The zero-order chi connectivity index (χ0) is 27.2. The van der Waals surface area contributed by atoms with E-state index in [1.54, 1.807) is 20.8 Å². The van der Waals surface area contributed by atoms with Crippen LogP contribution in [0.4, 0.5) is 23.8 Å². The van der Waals surface area contributed by atoms with Crippen molar-refractivity contribution in [1.82, 2.24) is 20.0 Å². The van der Waals surface area contributed by atoms with E-state index in [0.29, 0.717) is 13.0 Å². The predicted octanol–water partition coefficient (Wildman–Crippen LogP) is 3.70. The standard InChI is InChI=1S/C22H25F3N6O5S/c1-21(2)18(30-20(33)34)31-22(3,14-8-9-27-37(14,21)35)16-12(23)5-7-15(28-16)29-17(32)13-6-4-11(10-26-13)36-19(24)25/h4-7,10,14,19,27,35H,8-9H2,1-3H3,(H,30,31)(H,33,34)(H,28,29,32)/t14-,22-/m0/s1. The van der Waals surface area contributed by atoms with Gasteiger partial charge in [-0.25, -0.2) is 19.2 Å². The van der Waals surface area contributed by atoms with Crippen LogP contribution in [0, 0.1) is 5.82 Å². The average molecular weight is 543 g/mol. The monoisotopic (exact) mass is 542 g/mol. The molecule has 37 heavy (non-hydrogen) atoms. The minimum absolute atomic E-state index is 0.0448. The highest BCUT2D eigenvalue weighted by atomic mass is 32.3. The number of carbonyl (C=O) groups is 2. The average Bonchev–Trinajstić information content (AvgIpc) is 3.23. The SMILES string of the molecule is CC1(C)C(NC(=O)O)=N[C@](C)(c2nc(NC(=O)c3ccc(OC(F)F)cn3)ccc2F)[C@@H]2CCNS21O. The first-order valence-corrected chi connectivity index (χ1v) is 12.7. The summed E-state index contributed by atoms with van der Waals surface area (Å²) >= 11 is 0. The van der Waals surface area contributed by atoms with E-state index in [-0.39, 0.29) is 28.8 Å². The topological polar surface area (TPSA) is 158 Å². The van der Waals surface area contributed by atoms with Crippen LogP contribution in [0.5, 0.6) is 5.75 Å². The van der Waals surface area contributed by atoms with E-state index in [4.69, 9.17) is 0 Å². The fraction of sp³-hybridized carbons (Fsp3) is 0.409. The maximum absolute atomic E-state index is 15.2. The molecule has 3 atom stereocenters. The van der Waals surface area contributed by atoms with Gasteiger partial charge in [-0.05, 0) is 51.5 Å². The summed E-state index contributed by atoms with van der Waals surface area (Å²) in [6.07, 6.45) is -0.0113. The molecule has 2 aromatic heterocycles. The normalized spacial score (nSPS) is 28.0. The molecule has 2 amide bonds. The van der Waals surface area contributed by atoms with E-state index in [9.17, 15) is 28.0 Å². The van der Waals surface area contributed by atoms with Crippen molar-refractivity contribution in [2.45, 2.75) is 49.3 Å². The van der Waals surface area contributed by atoms with E-state index in [2.05, 4.69) is 35.1 Å². The van der Waals surface area contributed by atoms with Crippen LogP contribution in [0.25, 0.3) is 0 Å². The number of carbonyl (C=O) groups excluding carboxylic acids is 1. The molecule has 2 aromatic rings. The maximum atomic E-state index is 15.2. The van der Waals surface area contributed by atoms with Gasteiger partial charge in [-0.15, -0.1) is 0 Å². The number of pyridine rings is 2. The highest BCUT2D eigenvalue weighted by Crippen LogP contribution is 2.67. The number of rotatable bonds is 5. The molecule has 0 spiro atoms. The summed E-state index contributed by atoms with van der Waals surface area (Å²) in [5, 5.41) is 13.5. The fourth-order valence-corrected chi connectivity index (χ4v) is 7.95. The van der Waals surface area contributed by atoms with Gasteiger partial charge in [-0.3, -0.25) is 19.8 Å². The number of halogens is 3. The van der Waals surface area contributed by atoms with Crippen LogP contribution in [0.1, 0.15) is 43.4 Å². The summed E-state index contributed by atoms with van der Waals surface area (Å²) < 4.78 is 57.8. The molecule has 200 valence electrons. The lowest BCUT2D eigenvalue weighted by atomic mass is 9.89. The molecule has 0 aliphatic carbocycles. The van der Waals surface area contributed by atoms with Gasteiger partial charge in [-0.1, -0.05) is 10.5 Å². The first-order valence-electron chi connectivity index (χ1n) is 11.1. The second-order valence-corrected chi connectivity index (χ2v) is 12.2. The van der Waals surface area contributed by atoms with E-state index >= 15 is 4.39 Å². The van der Waals surface area contributed by atoms with Crippen molar-refractivity contribution in [3.63, 3.8) is 0 Å². The zero-order valence-electron chi connectivity index (χ0n) is 20.0. The molecular formula is C22H25F3N6O5S. The number of aliphatic imine (C=N–C) groups is 1. The molecule has 0 bridgehead atoms. The Morgan fingerprint density at radius 2 is 1.95 bits per heavy atom. The van der Waals surface area contributed by atoms with E-state index in [1.807, 2.05) is 0 Å². The summed E-state index contributed by atoms with van der Waals surface area (Å²) in [6.45, 7) is 2.24. The number of carboxylic acid groups (broad SMARTS) is 1. The molecule has 4 rings (SSSR count).